The molecule has 5 heteroatoms. The molecule has 0 aliphatic carbocycles. The molecule has 0 fully saturated rings. The summed E-state index contributed by atoms with van der Waals surface area (Å²) in [6, 6.07) is 4.70. The first kappa shape index (κ1) is 15.0. The SMILES string of the molecule is CCOCCN(C)Cc1cc(C(N)=S)ccc1F. The van der Waals surface area contributed by atoms with Gasteiger partial charge in [-0.25, -0.2) is 4.39 Å². The zero-order valence-electron chi connectivity index (χ0n) is 10.8. The van der Waals surface area contributed by atoms with Gasteiger partial charge in [-0.3, -0.25) is 4.90 Å². The second-order valence-electron chi connectivity index (χ2n) is 4.11. The predicted octanol–water partition coefficient (Wildman–Crippen LogP) is 1.93. The molecule has 3 nitrogen and oxygen atoms in total. The molecule has 1 aromatic carbocycles. The minimum atomic E-state index is -0.238. The minimum absolute atomic E-state index is 0.238. The van der Waals surface area contributed by atoms with E-state index in [0.717, 1.165) is 6.54 Å². The summed E-state index contributed by atoms with van der Waals surface area (Å²) in [7, 11) is 1.92. The van der Waals surface area contributed by atoms with Crippen LogP contribution in [-0.4, -0.2) is 36.7 Å². The predicted molar refractivity (Wildman–Crippen MR) is 75.1 cm³/mol. The molecule has 0 aliphatic heterocycles. The maximum absolute atomic E-state index is 13.6. The molecule has 0 aliphatic rings. The standard InChI is InChI=1S/C13H19FN2OS/c1-3-17-7-6-16(2)9-11-8-10(13(15)18)4-5-12(11)14/h4-5,8H,3,6-7,9H2,1-2H3,(H2,15,18). The van der Waals surface area contributed by atoms with Crippen LogP contribution in [0.15, 0.2) is 18.2 Å². The molecule has 0 bridgehead atoms. The molecule has 2 N–H and O–H groups in total. The van der Waals surface area contributed by atoms with Gasteiger partial charge < -0.3 is 10.5 Å². The number of benzene rings is 1. The highest BCUT2D eigenvalue weighted by Crippen LogP contribution is 2.12. The third-order valence-electron chi connectivity index (χ3n) is 2.59. The highest BCUT2D eigenvalue weighted by Gasteiger charge is 2.08. The lowest BCUT2D eigenvalue weighted by atomic mass is 10.1. The van der Waals surface area contributed by atoms with Gasteiger partial charge in [0.2, 0.25) is 0 Å². The Kier molecular flexibility index (Phi) is 6.18. The number of likely N-dealkylation sites (N-methyl/N-ethyl adjacent to an activating group) is 1. The van der Waals surface area contributed by atoms with Crippen molar-refractivity contribution in [3.05, 3.63) is 35.1 Å². The number of rotatable bonds is 7. The Labute approximate surface area is 113 Å². The van der Waals surface area contributed by atoms with E-state index in [4.69, 9.17) is 22.7 Å². The highest BCUT2D eigenvalue weighted by molar-refractivity contribution is 7.80. The number of hydrogen-bond donors (Lipinski definition) is 1. The van der Waals surface area contributed by atoms with E-state index in [2.05, 4.69) is 0 Å². The molecule has 0 unspecified atom stereocenters. The van der Waals surface area contributed by atoms with Gasteiger partial charge in [0.15, 0.2) is 0 Å². The summed E-state index contributed by atoms with van der Waals surface area (Å²) in [5, 5.41) is 0. The van der Waals surface area contributed by atoms with E-state index in [0.29, 0.717) is 30.9 Å². The van der Waals surface area contributed by atoms with Gasteiger partial charge in [-0.1, -0.05) is 12.2 Å². The molecule has 0 saturated heterocycles. The lowest BCUT2D eigenvalue weighted by Gasteiger charge is -2.17. The number of nitrogens with zero attached hydrogens (tertiary/aromatic N) is 1. The molecule has 100 valence electrons. The molecule has 0 aromatic heterocycles. The van der Waals surface area contributed by atoms with Gasteiger partial charge in [-0.2, -0.15) is 0 Å². The van der Waals surface area contributed by atoms with E-state index in [1.807, 2.05) is 18.9 Å². The summed E-state index contributed by atoms with van der Waals surface area (Å²) in [5.41, 5.74) is 6.83. The molecular formula is C13H19FN2OS. The molecule has 1 aromatic rings. The minimum Gasteiger partial charge on any atom is -0.389 e. The van der Waals surface area contributed by atoms with Crippen LogP contribution in [0.1, 0.15) is 18.1 Å². The molecule has 0 saturated carbocycles. The van der Waals surface area contributed by atoms with Crippen LogP contribution in [0, 0.1) is 5.82 Å². The number of thiocarbonyl (C=S) groups is 1. The Hall–Kier alpha value is -1.04. The monoisotopic (exact) mass is 270 g/mol. The second-order valence-corrected chi connectivity index (χ2v) is 4.54. The van der Waals surface area contributed by atoms with Crippen LogP contribution in [0.2, 0.25) is 0 Å². The second kappa shape index (κ2) is 7.41. The Bertz CT molecular complexity index is 412. The van der Waals surface area contributed by atoms with E-state index in [-0.39, 0.29) is 10.8 Å². The van der Waals surface area contributed by atoms with Crippen molar-refractivity contribution in [1.29, 1.82) is 0 Å². The van der Waals surface area contributed by atoms with Crippen molar-refractivity contribution in [1.82, 2.24) is 4.90 Å². The van der Waals surface area contributed by atoms with Crippen molar-refractivity contribution in [2.45, 2.75) is 13.5 Å². The summed E-state index contributed by atoms with van der Waals surface area (Å²) in [6.45, 7) is 4.55. The Morgan fingerprint density at radius 2 is 2.22 bits per heavy atom. The molecular weight excluding hydrogens is 251 g/mol. The van der Waals surface area contributed by atoms with E-state index in [1.54, 1.807) is 12.1 Å². The third-order valence-corrected chi connectivity index (χ3v) is 2.83. The number of nitrogens with two attached hydrogens (primary N) is 1. The first-order valence-electron chi connectivity index (χ1n) is 5.89. The van der Waals surface area contributed by atoms with Gasteiger partial charge in [0.05, 0.1) is 6.61 Å². The van der Waals surface area contributed by atoms with Gasteiger partial charge >= 0.3 is 0 Å². The Balaban J connectivity index is 2.65. The molecule has 1 rings (SSSR count). The van der Waals surface area contributed by atoms with E-state index in [1.165, 1.54) is 6.07 Å². The quantitative estimate of drug-likeness (QED) is 0.607. The largest absolute Gasteiger partial charge is 0.389 e. The average molecular weight is 270 g/mol. The topological polar surface area (TPSA) is 38.5 Å². The molecule has 18 heavy (non-hydrogen) atoms. The fourth-order valence-corrected chi connectivity index (χ4v) is 1.71. The van der Waals surface area contributed by atoms with Gasteiger partial charge in [0.1, 0.15) is 10.8 Å². The van der Waals surface area contributed by atoms with Crippen LogP contribution >= 0.6 is 12.2 Å². The summed E-state index contributed by atoms with van der Waals surface area (Å²) < 4.78 is 18.9. The van der Waals surface area contributed by atoms with Crippen molar-refractivity contribution in [2.75, 3.05) is 26.8 Å². The fourth-order valence-electron chi connectivity index (χ4n) is 1.58. The molecule has 0 heterocycles. The summed E-state index contributed by atoms with van der Waals surface area (Å²) in [5.74, 6) is -0.238. The van der Waals surface area contributed by atoms with Crippen molar-refractivity contribution >= 4 is 17.2 Å². The van der Waals surface area contributed by atoms with Gasteiger partial charge in [-0.05, 0) is 32.2 Å². The van der Waals surface area contributed by atoms with E-state index < -0.39 is 0 Å². The third kappa shape index (κ3) is 4.68. The van der Waals surface area contributed by atoms with Crippen LogP contribution < -0.4 is 5.73 Å². The molecule has 0 atom stereocenters. The van der Waals surface area contributed by atoms with Crippen LogP contribution in [-0.2, 0) is 11.3 Å². The highest BCUT2D eigenvalue weighted by atomic mass is 32.1. The average Bonchev–Trinajstić information content (AvgIpc) is 2.32. The first-order valence-corrected chi connectivity index (χ1v) is 6.30. The zero-order chi connectivity index (χ0) is 13.5. The van der Waals surface area contributed by atoms with Crippen LogP contribution in [0.25, 0.3) is 0 Å². The van der Waals surface area contributed by atoms with Crippen molar-refractivity contribution in [2.24, 2.45) is 5.73 Å². The number of ether oxygens (including phenoxy) is 1. The van der Waals surface area contributed by atoms with Gasteiger partial charge in [-0.15, -0.1) is 0 Å². The van der Waals surface area contributed by atoms with Crippen molar-refractivity contribution < 1.29 is 9.13 Å². The Morgan fingerprint density at radius 1 is 1.50 bits per heavy atom. The lowest BCUT2D eigenvalue weighted by Crippen LogP contribution is -2.23. The van der Waals surface area contributed by atoms with Crippen LogP contribution in [0.5, 0.6) is 0 Å². The van der Waals surface area contributed by atoms with Crippen LogP contribution in [0.3, 0.4) is 0 Å². The first-order chi connectivity index (χ1) is 8.54. The van der Waals surface area contributed by atoms with Gasteiger partial charge in [0, 0.05) is 30.8 Å². The van der Waals surface area contributed by atoms with E-state index >= 15 is 0 Å². The summed E-state index contributed by atoms with van der Waals surface area (Å²) >= 11 is 4.89. The lowest BCUT2D eigenvalue weighted by molar-refractivity contribution is 0.120. The summed E-state index contributed by atoms with van der Waals surface area (Å²) in [6.07, 6.45) is 0. The van der Waals surface area contributed by atoms with Gasteiger partial charge in [0.25, 0.3) is 0 Å². The normalized spacial score (nSPS) is 10.9. The number of halogens is 1. The smallest absolute Gasteiger partial charge is 0.127 e. The maximum atomic E-state index is 13.6. The molecule has 0 spiro atoms. The Morgan fingerprint density at radius 3 is 2.83 bits per heavy atom. The number of hydrogen-bond acceptors (Lipinski definition) is 3. The zero-order valence-corrected chi connectivity index (χ0v) is 11.6. The molecule has 0 amide bonds. The van der Waals surface area contributed by atoms with E-state index in [9.17, 15) is 4.39 Å². The van der Waals surface area contributed by atoms with Crippen LogP contribution in [0.4, 0.5) is 4.39 Å². The molecule has 0 radical (unpaired) electrons. The van der Waals surface area contributed by atoms with Crippen molar-refractivity contribution in [3.63, 3.8) is 0 Å². The summed E-state index contributed by atoms with van der Waals surface area (Å²) in [4.78, 5) is 2.28. The maximum Gasteiger partial charge on any atom is 0.127 e. The fraction of sp³-hybridized carbons (Fsp3) is 0.462. The van der Waals surface area contributed by atoms with Crippen molar-refractivity contribution in [3.8, 4) is 0 Å².